The van der Waals surface area contributed by atoms with Crippen molar-refractivity contribution >= 4 is 69.3 Å². The van der Waals surface area contributed by atoms with Gasteiger partial charge in [0.25, 0.3) is 11.8 Å². The summed E-state index contributed by atoms with van der Waals surface area (Å²) in [5, 5.41) is 6.68. The van der Waals surface area contributed by atoms with Gasteiger partial charge < -0.3 is 19.9 Å². The maximum atomic E-state index is 14.1. The number of rotatable bonds is 11. The van der Waals surface area contributed by atoms with Gasteiger partial charge in [-0.2, -0.15) is 0 Å². The van der Waals surface area contributed by atoms with Crippen LogP contribution in [0, 0.1) is 17.7 Å². The van der Waals surface area contributed by atoms with Gasteiger partial charge in [0, 0.05) is 113 Å². The van der Waals surface area contributed by atoms with Gasteiger partial charge >= 0.3 is 0 Å². The van der Waals surface area contributed by atoms with E-state index in [0.717, 1.165) is 105 Å². The molecule has 10 rings (SSSR count). The first-order valence-electron chi connectivity index (χ1n) is 25.0. The minimum Gasteiger partial charge on any atom is -0.489 e. The zero-order chi connectivity index (χ0) is 48.6. The third-order valence-corrected chi connectivity index (χ3v) is 16.2. The Morgan fingerprint density at radius 3 is 2.30 bits per heavy atom. The Kier molecular flexibility index (Phi) is 13.9. The van der Waals surface area contributed by atoms with Gasteiger partial charge in [0.15, 0.2) is 0 Å². The monoisotopic (exact) mass is 974 g/mol. The van der Waals surface area contributed by atoms with E-state index >= 15 is 0 Å². The molecule has 6 heterocycles. The summed E-state index contributed by atoms with van der Waals surface area (Å²) in [4.78, 5) is 92.1. The van der Waals surface area contributed by atoms with Crippen molar-refractivity contribution in [3.8, 4) is 5.75 Å². The standard InChI is InChI=1S/C53H60ClFN8O7/c1-32(33-2-4-34(5-3-33)40-14-19-56-45-11-6-35(55)28-42(40)45)50(66)57-36-7-10-44(54)47(29-36)70-39-17-22-62(23-18-39)49(65)31-59-20-15-37(16-21-59)60-24-26-61(27-25-60)38-8-9-41-43(30-38)53(69)63(52(41)68)46-12-13-48(64)58-51(46)67/h6-11,14,19,28-30,32-34,37,39,46H,2-5,12-13,15-18,20-27,31H2,1H3,(H,57,66)(H,58,64,67)/t32-,33?,34?,46?/m1/s1. The molecule has 5 aliphatic heterocycles. The number of pyridine rings is 1. The lowest BCUT2D eigenvalue weighted by molar-refractivity contribution is -0.136. The summed E-state index contributed by atoms with van der Waals surface area (Å²) in [6, 6.07) is 16.8. The van der Waals surface area contributed by atoms with E-state index in [4.69, 9.17) is 16.3 Å². The lowest BCUT2D eigenvalue weighted by atomic mass is 9.73. The number of ether oxygens (including phenoxy) is 1. The number of nitrogens with one attached hydrogen (secondary N) is 2. The molecule has 2 N–H and O–H groups in total. The van der Waals surface area contributed by atoms with Crippen molar-refractivity contribution in [1.82, 2.24) is 29.9 Å². The molecule has 1 saturated carbocycles. The fraction of sp³-hybridized carbons (Fsp3) is 0.491. The third-order valence-electron chi connectivity index (χ3n) is 15.9. The van der Waals surface area contributed by atoms with Gasteiger partial charge in [-0.3, -0.25) is 53.8 Å². The molecule has 6 amide bonds. The van der Waals surface area contributed by atoms with E-state index in [1.807, 2.05) is 24.0 Å². The third kappa shape index (κ3) is 10.00. The van der Waals surface area contributed by atoms with Crippen LogP contribution in [0.2, 0.25) is 5.02 Å². The highest BCUT2D eigenvalue weighted by Gasteiger charge is 2.45. The number of imide groups is 2. The second-order valence-electron chi connectivity index (χ2n) is 20.0. The molecule has 0 bridgehead atoms. The first-order chi connectivity index (χ1) is 33.9. The Labute approximate surface area is 412 Å². The van der Waals surface area contributed by atoms with E-state index in [9.17, 15) is 33.2 Å². The maximum absolute atomic E-state index is 14.1. The largest absolute Gasteiger partial charge is 0.489 e. The molecule has 3 aromatic carbocycles. The zero-order valence-corrected chi connectivity index (χ0v) is 40.3. The number of likely N-dealkylation sites (tertiary alicyclic amines) is 2. The average Bonchev–Trinajstić information content (AvgIpc) is 3.62. The van der Waals surface area contributed by atoms with Gasteiger partial charge in [0.05, 0.1) is 28.2 Å². The summed E-state index contributed by atoms with van der Waals surface area (Å²) in [5.41, 5.74) is 3.99. The van der Waals surface area contributed by atoms with Gasteiger partial charge in [0.2, 0.25) is 23.6 Å². The number of hydrogen-bond donors (Lipinski definition) is 2. The lowest BCUT2D eigenvalue weighted by Crippen LogP contribution is -2.54. The van der Waals surface area contributed by atoms with E-state index in [1.54, 1.807) is 48.7 Å². The van der Waals surface area contributed by atoms with Crippen molar-refractivity contribution < 1.29 is 37.9 Å². The molecule has 1 aromatic heterocycles. The minimum atomic E-state index is -0.989. The highest BCUT2D eigenvalue weighted by atomic mass is 35.5. The van der Waals surface area contributed by atoms with Crippen LogP contribution in [0.5, 0.6) is 5.75 Å². The molecule has 2 atom stereocenters. The van der Waals surface area contributed by atoms with Crippen LogP contribution in [0.3, 0.4) is 0 Å². The van der Waals surface area contributed by atoms with Crippen LogP contribution in [0.15, 0.2) is 66.9 Å². The van der Waals surface area contributed by atoms with Crippen LogP contribution < -0.4 is 20.3 Å². The quantitative estimate of drug-likeness (QED) is 0.155. The van der Waals surface area contributed by atoms with E-state index < -0.39 is 29.7 Å². The molecular formula is C53H60ClFN8O7. The number of carbonyl (C=O) groups is 6. The Morgan fingerprint density at radius 1 is 0.814 bits per heavy atom. The van der Waals surface area contributed by atoms with E-state index in [0.29, 0.717) is 60.9 Å². The Hall–Kier alpha value is -5.97. The second kappa shape index (κ2) is 20.4. The highest BCUT2D eigenvalue weighted by molar-refractivity contribution is 6.32. The fourth-order valence-corrected chi connectivity index (χ4v) is 11.9. The molecule has 4 saturated heterocycles. The molecular weight excluding hydrogens is 915 g/mol. The second-order valence-corrected chi connectivity index (χ2v) is 20.4. The minimum absolute atomic E-state index is 0.0417. The molecule has 1 aliphatic carbocycles. The van der Waals surface area contributed by atoms with Crippen molar-refractivity contribution in [2.45, 2.75) is 95.2 Å². The summed E-state index contributed by atoms with van der Waals surface area (Å²) in [6.07, 6.45) is 8.86. The van der Waals surface area contributed by atoms with Gasteiger partial charge in [-0.15, -0.1) is 0 Å². The van der Waals surface area contributed by atoms with Gasteiger partial charge in [-0.1, -0.05) is 18.5 Å². The van der Waals surface area contributed by atoms with Crippen molar-refractivity contribution in [1.29, 1.82) is 0 Å². The van der Waals surface area contributed by atoms with Crippen LogP contribution in [0.25, 0.3) is 10.9 Å². The molecule has 4 aromatic rings. The maximum Gasteiger partial charge on any atom is 0.262 e. The van der Waals surface area contributed by atoms with Gasteiger partial charge in [0.1, 0.15) is 23.7 Å². The average molecular weight is 976 g/mol. The number of piperidine rings is 3. The number of fused-ring (bicyclic) bond motifs is 2. The zero-order valence-electron chi connectivity index (χ0n) is 39.5. The fourth-order valence-electron chi connectivity index (χ4n) is 11.7. The van der Waals surface area contributed by atoms with Crippen molar-refractivity contribution in [2.24, 2.45) is 11.8 Å². The number of amides is 6. The Morgan fingerprint density at radius 2 is 1.56 bits per heavy atom. The number of hydrogen-bond acceptors (Lipinski definition) is 11. The van der Waals surface area contributed by atoms with Crippen molar-refractivity contribution in [3.63, 3.8) is 0 Å². The highest BCUT2D eigenvalue weighted by Crippen LogP contribution is 2.41. The van der Waals surface area contributed by atoms with Gasteiger partial charge in [-0.25, -0.2) is 4.39 Å². The summed E-state index contributed by atoms with van der Waals surface area (Å²) >= 11 is 6.61. The van der Waals surface area contributed by atoms with Crippen LogP contribution in [0.4, 0.5) is 15.8 Å². The molecule has 368 valence electrons. The smallest absolute Gasteiger partial charge is 0.262 e. The first kappa shape index (κ1) is 47.7. The molecule has 15 nitrogen and oxygen atoms in total. The predicted octanol–water partition coefficient (Wildman–Crippen LogP) is 6.63. The lowest BCUT2D eigenvalue weighted by Gasteiger charge is -2.43. The molecule has 0 radical (unpaired) electrons. The number of piperazine rings is 1. The number of nitrogens with zero attached hydrogens (tertiary/aromatic N) is 6. The van der Waals surface area contributed by atoms with Gasteiger partial charge in [-0.05, 0) is 117 Å². The summed E-state index contributed by atoms with van der Waals surface area (Å²) in [6.45, 7) is 8.52. The summed E-state index contributed by atoms with van der Waals surface area (Å²) < 4.78 is 20.5. The number of halogens is 2. The molecule has 6 aliphatic rings. The number of carbonyl (C=O) groups excluding carboxylic acids is 6. The number of aromatic nitrogens is 1. The van der Waals surface area contributed by atoms with E-state index in [1.165, 1.54) is 6.07 Å². The van der Waals surface area contributed by atoms with Crippen LogP contribution in [0.1, 0.15) is 103 Å². The number of anilines is 2. The van der Waals surface area contributed by atoms with Crippen LogP contribution in [-0.2, 0) is 19.2 Å². The van der Waals surface area contributed by atoms with Crippen molar-refractivity contribution in [3.05, 3.63) is 94.4 Å². The topological polar surface area (TPSA) is 165 Å². The first-order valence-corrected chi connectivity index (χ1v) is 25.4. The Balaban J connectivity index is 0.635. The van der Waals surface area contributed by atoms with Crippen LogP contribution in [-0.4, -0.2) is 137 Å². The molecule has 1 unspecified atom stereocenters. The summed E-state index contributed by atoms with van der Waals surface area (Å²) in [5.74, 6) is -1.34. The van der Waals surface area contributed by atoms with E-state index in [-0.39, 0.29) is 59.5 Å². The van der Waals surface area contributed by atoms with Crippen molar-refractivity contribution in [2.75, 3.05) is 69.1 Å². The normalized spacial score (nSPS) is 23.6. The number of benzene rings is 3. The SMILES string of the molecule is C[C@@H](C(=O)Nc1ccc(Cl)c(OC2CCN(C(=O)CN3CCC(N4CCN(c5ccc6c(c5)C(=O)N(C5CCC(=O)NC5=O)C6=O)CC4)CC3)CC2)c1)C1CCC(c2ccnc3ccc(F)cc23)CC1. The molecule has 17 heteroatoms. The predicted molar refractivity (Wildman–Crippen MR) is 262 cm³/mol. The Bertz CT molecular complexity index is 2690. The molecule has 70 heavy (non-hydrogen) atoms. The summed E-state index contributed by atoms with van der Waals surface area (Å²) in [7, 11) is 0. The van der Waals surface area contributed by atoms with E-state index in [2.05, 4.69) is 30.3 Å². The molecule has 5 fully saturated rings. The molecule has 0 spiro atoms. The van der Waals surface area contributed by atoms with Crippen LogP contribution >= 0.6 is 11.6 Å².